The molecule has 3 N–H and O–H groups in total. The van der Waals surface area contributed by atoms with Gasteiger partial charge >= 0.3 is 22.3 Å². The lowest BCUT2D eigenvalue weighted by molar-refractivity contribution is -0.115. The molecule has 3 amide bonds. The molecular formula is C20H22N4O8S. The van der Waals surface area contributed by atoms with Crippen LogP contribution in [0.3, 0.4) is 0 Å². The van der Waals surface area contributed by atoms with Crippen LogP contribution in [0.15, 0.2) is 58.4 Å². The normalized spacial score (nSPS) is 11.2. The summed E-state index contributed by atoms with van der Waals surface area (Å²) in [5.41, 5.74) is 0.243. The third-order valence-electron chi connectivity index (χ3n) is 3.86. The van der Waals surface area contributed by atoms with Gasteiger partial charge in [-0.1, -0.05) is 25.1 Å². The number of guanidine groups is 1. The van der Waals surface area contributed by atoms with Gasteiger partial charge in [0.15, 0.2) is 0 Å². The second kappa shape index (κ2) is 11.5. The van der Waals surface area contributed by atoms with Crippen molar-refractivity contribution in [2.75, 3.05) is 24.9 Å². The van der Waals surface area contributed by atoms with Crippen molar-refractivity contribution in [1.82, 2.24) is 5.32 Å². The SMILES string of the molecule is CCC(=O)Nc1ccc(OS(=O)(=O)c2ccccc2)cc1NC(=NC(=O)OC)NC(=O)OC. The first-order valence-electron chi connectivity index (χ1n) is 9.40. The Morgan fingerprint density at radius 3 is 2.24 bits per heavy atom. The molecule has 2 aromatic rings. The number of hydrogen-bond acceptors (Lipinski definition) is 8. The fourth-order valence-corrected chi connectivity index (χ4v) is 3.23. The first kappa shape index (κ1) is 25.1. The van der Waals surface area contributed by atoms with Crippen molar-refractivity contribution in [3.8, 4) is 5.75 Å². The molecule has 0 aliphatic rings. The fourth-order valence-electron chi connectivity index (χ4n) is 2.29. The van der Waals surface area contributed by atoms with Crippen molar-refractivity contribution >= 4 is 45.5 Å². The number of anilines is 2. The van der Waals surface area contributed by atoms with Gasteiger partial charge in [-0.25, -0.2) is 9.59 Å². The predicted molar refractivity (Wildman–Crippen MR) is 119 cm³/mol. The van der Waals surface area contributed by atoms with Crippen molar-refractivity contribution in [1.29, 1.82) is 0 Å². The lowest BCUT2D eigenvalue weighted by atomic mass is 10.2. The Hall–Kier alpha value is -4.13. The maximum Gasteiger partial charge on any atom is 0.436 e. The highest BCUT2D eigenvalue weighted by Crippen LogP contribution is 2.29. The zero-order valence-electron chi connectivity index (χ0n) is 17.9. The largest absolute Gasteiger partial charge is 0.453 e. The lowest BCUT2D eigenvalue weighted by Gasteiger charge is -2.16. The molecule has 0 spiro atoms. The second-order valence-electron chi connectivity index (χ2n) is 6.13. The van der Waals surface area contributed by atoms with E-state index in [1.54, 1.807) is 25.1 Å². The van der Waals surface area contributed by atoms with Crippen molar-refractivity contribution in [3.05, 3.63) is 48.5 Å². The molecule has 0 aromatic heterocycles. The van der Waals surface area contributed by atoms with Crippen LogP contribution in [0.1, 0.15) is 13.3 Å². The number of ether oxygens (including phenoxy) is 2. The van der Waals surface area contributed by atoms with Crippen LogP contribution >= 0.6 is 0 Å². The van der Waals surface area contributed by atoms with Gasteiger partial charge in [0.25, 0.3) is 0 Å². The van der Waals surface area contributed by atoms with Gasteiger partial charge < -0.3 is 24.3 Å². The number of carbonyl (C=O) groups is 3. The van der Waals surface area contributed by atoms with Gasteiger partial charge in [0.2, 0.25) is 11.9 Å². The van der Waals surface area contributed by atoms with E-state index in [9.17, 15) is 22.8 Å². The maximum atomic E-state index is 12.5. The number of benzene rings is 2. The van der Waals surface area contributed by atoms with Crippen LogP contribution in [-0.2, 0) is 24.4 Å². The summed E-state index contributed by atoms with van der Waals surface area (Å²) in [5.74, 6) is -0.883. The Morgan fingerprint density at radius 1 is 0.939 bits per heavy atom. The zero-order chi connectivity index (χ0) is 24.4. The minimum absolute atomic E-state index is 0.0524. The number of methoxy groups -OCH3 is 2. The number of amides is 3. The number of nitrogens with zero attached hydrogens (tertiary/aromatic N) is 1. The van der Waals surface area contributed by atoms with Gasteiger partial charge in [-0.15, -0.1) is 4.99 Å². The van der Waals surface area contributed by atoms with Gasteiger partial charge in [-0.2, -0.15) is 8.42 Å². The van der Waals surface area contributed by atoms with Crippen LogP contribution in [0, 0.1) is 0 Å². The molecule has 0 atom stereocenters. The van der Waals surface area contributed by atoms with E-state index in [4.69, 9.17) is 4.18 Å². The highest BCUT2D eigenvalue weighted by molar-refractivity contribution is 7.87. The van der Waals surface area contributed by atoms with Gasteiger partial charge in [-0.3, -0.25) is 10.1 Å². The number of aliphatic imine (C=N–C) groups is 1. The quantitative estimate of drug-likeness (QED) is 0.322. The molecule has 13 heteroatoms. The van der Waals surface area contributed by atoms with Gasteiger partial charge in [0.05, 0.1) is 25.6 Å². The van der Waals surface area contributed by atoms with Crippen LogP contribution in [0.25, 0.3) is 0 Å². The Labute approximate surface area is 190 Å². The molecule has 12 nitrogen and oxygen atoms in total. The summed E-state index contributed by atoms with van der Waals surface area (Å²) in [4.78, 5) is 38.6. The molecule has 0 aliphatic carbocycles. The summed E-state index contributed by atoms with van der Waals surface area (Å²) in [5, 5.41) is 7.40. The fraction of sp³-hybridized carbons (Fsp3) is 0.200. The van der Waals surface area contributed by atoms with E-state index < -0.39 is 28.3 Å². The molecule has 2 aromatic carbocycles. The smallest absolute Gasteiger partial charge is 0.436 e. The Morgan fingerprint density at radius 2 is 1.64 bits per heavy atom. The maximum absolute atomic E-state index is 12.5. The molecular weight excluding hydrogens is 456 g/mol. The average Bonchev–Trinajstić information content (AvgIpc) is 2.80. The Bertz CT molecular complexity index is 1150. The molecule has 0 aliphatic heterocycles. The molecule has 0 fully saturated rings. The Kier molecular flexibility index (Phi) is 8.74. The van der Waals surface area contributed by atoms with E-state index in [0.717, 1.165) is 14.2 Å². The van der Waals surface area contributed by atoms with Crippen LogP contribution in [0.4, 0.5) is 21.0 Å². The minimum atomic E-state index is -4.15. The first-order chi connectivity index (χ1) is 15.7. The topological polar surface area (TPSA) is 161 Å². The van der Waals surface area contributed by atoms with Crippen molar-refractivity contribution in [2.24, 2.45) is 4.99 Å². The monoisotopic (exact) mass is 478 g/mol. The summed E-state index contributed by atoms with van der Waals surface area (Å²) in [6, 6.07) is 11.4. The average molecular weight is 478 g/mol. The predicted octanol–water partition coefficient (Wildman–Crippen LogP) is 2.69. The number of rotatable bonds is 6. The number of alkyl carbamates (subject to hydrolysis) is 1. The molecule has 0 saturated carbocycles. The summed E-state index contributed by atoms with van der Waals surface area (Å²) < 4.78 is 39.2. The third kappa shape index (κ3) is 7.50. The first-order valence-corrected chi connectivity index (χ1v) is 10.8. The Balaban J connectivity index is 2.45. The van der Waals surface area contributed by atoms with Gasteiger partial charge in [0.1, 0.15) is 10.6 Å². The molecule has 0 heterocycles. The van der Waals surface area contributed by atoms with Crippen LogP contribution < -0.4 is 20.1 Å². The zero-order valence-corrected chi connectivity index (χ0v) is 18.8. The van der Waals surface area contributed by atoms with E-state index >= 15 is 0 Å². The molecule has 0 bridgehead atoms. The minimum Gasteiger partial charge on any atom is -0.453 e. The summed E-state index contributed by atoms with van der Waals surface area (Å²) in [7, 11) is -1.98. The number of hydrogen-bond donors (Lipinski definition) is 3. The second-order valence-corrected chi connectivity index (χ2v) is 7.68. The summed E-state index contributed by atoms with van der Waals surface area (Å²) >= 11 is 0. The molecule has 2 rings (SSSR count). The van der Waals surface area contributed by atoms with E-state index in [0.29, 0.717) is 0 Å². The third-order valence-corrected chi connectivity index (χ3v) is 5.12. The molecule has 0 unspecified atom stereocenters. The van der Waals surface area contributed by atoms with Crippen LogP contribution in [0.5, 0.6) is 5.75 Å². The number of carbonyl (C=O) groups excluding carboxylic acids is 3. The highest BCUT2D eigenvalue weighted by atomic mass is 32.2. The summed E-state index contributed by atoms with van der Waals surface area (Å²) in [6.07, 6.45) is -1.85. The lowest BCUT2D eigenvalue weighted by Crippen LogP contribution is -2.36. The molecule has 0 radical (unpaired) electrons. The summed E-state index contributed by atoms with van der Waals surface area (Å²) in [6.45, 7) is 1.63. The standard InChI is InChI=1S/C20H22N4O8S/c1-4-17(25)21-15-11-10-13(32-33(28,29)14-8-6-5-7-9-14)12-16(15)22-18(23-19(26)30-2)24-20(27)31-3/h5-12H,4H2,1-3H3,(H,21,25)(H2,22,23,24,26,27). The van der Waals surface area contributed by atoms with Gasteiger partial charge in [0, 0.05) is 12.5 Å². The van der Waals surface area contributed by atoms with E-state index in [1.807, 2.05) is 0 Å². The van der Waals surface area contributed by atoms with E-state index in [2.05, 4.69) is 30.4 Å². The number of nitrogens with one attached hydrogen (secondary N) is 3. The van der Waals surface area contributed by atoms with Crippen molar-refractivity contribution < 1.29 is 36.5 Å². The molecule has 176 valence electrons. The van der Waals surface area contributed by atoms with Crippen molar-refractivity contribution in [3.63, 3.8) is 0 Å². The van der Waals surface area contributed by atoms with Crippen LogP contribution in [-0.4, -0.2) is 46.7 Å². The molecule has 33 heavy (non-hydrogen) atoms. The van der Waals surface area contributed by atoms with Gasteiger partial charge in [-0.05, 0) is 24.3 Å². The highest BCUT2D eigenvalue weighted by Gasteiger charge is 2.19. The van der Waals surface area contributed by atoms with Crippen LogP contribution in [0.2, 0.25) is 0 Å². The van der Waals surface area contributed by atoms with Crippen molar-refractivity contribution in [2.45, 2.75) is 18.2 Å². The van der Waals surface area contributed by atoms with E-state index in [-0.39, 0.29) is 34.3 Å². The van der Waals surface area contributed by atoms with E-state index in [1.165, 1.54) is 30.3 Å². The molecule has 0 saturated heterocycles.